The second-order valence-electron chi connectivity index (χ2n) is 7.13. The summed E-state index contributed by atoms with van der Waals surface area (Å²) in [6.07, 6.45) is 7.98. The van der Waals surface area contributed by atoms with Crippen LogP contribution < -0.4 is 10.1 Å². The van der Waals surface area contributed by atoms with Gasteiger partial charge in [-0.15, -0.1) is 0 Å². The van der Waals surface area contributed by atoms with Gasteiger partial charge in [0.15, 0.2) is 0 Å². The van der Waals surface area contributed by atoms with Crippen molar-refractivity contribution in [1.29, 1.82) is 0 Å². The van der Waals surface area contributed by atoms with E-state index in [4.69, 9.17) is 4.74 Å². The number of rotatable bonds is 4. The highest BCUT2D eigenvalue weighted by Crippen LogP contribution is 2.38. The highest BCUT2D eigenvalue weighted by molar-refractivity contribution is 5.42. The van der Waals surface area contributed by atoms with E-state index in [9.17, 15) is 0 Å². The van der Waals surface area contributed by atoms with Crippen LogP contribution in [0.4, 0.5) is 0 Å². The van der Waals surface area contributed by atoms with Crippen molar-refractivity contribution in [2.75, 3.05) is 7.05 Å². The number of benzene rings is 1. The van der Waals surface area contributed by atoms with Crippen LogP contribution in [-0.2, 0) is 6.42 Å². The molecule has 3 rings (SSSR count). The highest BCUT2D eigenvalue weighted by Gasteiger charge is 2.30. The molecule has 0 amide bonds. The Hall–Kier alpha value is -1.02. The van der Waals surface area contributed by atoms with E-state index in [1.807, 2.05) is 0 Å². The third-order valence-corrected chi connectivity index (χ3v) is 4.88. The monoisotopic (exact) mass is 273 g/mol. The SMILES string of the molecule is CNC(CC1CCCC1)c1ccc2c(c1)CC(C)(C)O2. The lowest BCUT2D eigenvalue weighted by molar-refractivity contribution is 0.138. The first-order valence-corrected chi connectivity index (χ1v) is 8.06. The lowest BCUT2D eigenvalue weighted by atomic mass is 9.91. The van der Waals surface area contributed by atoms with Gasteiger partial charge in [-0.2, -0.15) is 0 Å². The largest absolute Gasteiger partial charge is 0.487 e. The van der Waals surface area contributed by atoms with E-state index in [-0.39, 0.29) is 5.60 Å². The Balaban J connectivity index is 1.76. The molecule has 20 heavy (non-hydrogen) atoms. The van der Waals surface area contributed by atoms with E-state index in [2.05, 4.69) is 44.4 Å². The Labute approximate surface area is 122 Å². The second kappa shape index (κ2) is 5.40. The van der Waals surface area contributed by atoms with Crippen molar-refractivity contribution < 1.29 is 4.74 Å². The molecular formula is C18H27NO. The minimum atomic E-state index is -0.0401. The number of hydrogen-bond donors (Lipinski definition) is 1. The van der Waals surface area contributed by atoms with E-state index in [0.29, 0.717) is 6.04 Å². The fourth-order valence-corrected chi connectivity index (χ4v) is 3.85. The second-order valence-corrected chi connectivity index (χ2v) is 7.13. The van der Waals surface area contributed by atoms with E-state index < -0.39 is 0 Å². The molecule has 2 aliphatic rings. The molecule has 110 valence electrons. The average molecular weight is 273 g/mol. The van der Waals surface area contributed by atoms with Gasteiger partial charge in [-0.05, 0) is 50.4 Å². The molecule has 1 aromatic rings. The Morgan fingerprint density at radius 3 is 2.75 bits per heavy atom. The zero-order chi connectivity index (χ0) is 14.2. The first-order valence-electron chi connectivity index (χ1n) is 8.06. The lowest BCUT2D eigenvalue weighted by Gasteiger charge is -2.21. The van der Waals surface area contributed by atoms with Gasteiger partial charge in [0.05, 0.1) is 0 Å². The van der Waals surface area contributed by atoms with E-state index in [1.54, 1.807) is 0 Å². The Bertz CT molecular complexity index is 474. The van der Waals surface area contributed by atoms with Crippen LogP contribution in [0.5, 0.6) is 5.75 Å². The summed E-state index contributed by atoms with van der Waals surface area (Å²) >= 11 is 0. The average Bonchev–Trinajstić information content (AvgIpc) is 3.00. The van der Waals surface area contributed by atoms with Crippen molar-refractivity contribution in [3.05, 3.63) is 29.3 Å². The fraction of sp³-hybridized carbons (Fsp3) is 0.667. The van der Waals surface area contributed by atoms with E-state index in [0.717, 1.165) is 18.1 Å². The lowest BCUT2D eigenvalue weighted by Crippen LogP contribution is -2.24. The fourth-order valence-electron chi connectivity index (χ4n) is 3.85. The van der Waals surface area contributed by atoms with Gasteiger partial charge in [0.25, 0.3) is 0 Å². The normalized spacial score (nSPS) is 22.6. The van der Waals surface area contributed by atoms with Crippen LogP contribution in [0.3, 0.4) is 0 Å². The predicted molar refractivity (Wildman–Crippen MR) is 83.2 cm³/mol. The summed E-state index contributed by atoms with van der Waals surface area (Å²) in [6.45, 7) is 4.33. The molecule has 1 fully saturated rings. The van der Waals surface area contributed by atoms with Crippen LogP contribution >= 0.6 is 0 Å². The zero-order valence-electron chi connectivity index (χ0n) is 13.0. The Kier molecular flexibility index (Phi) is 3.76. The maximum absolute atomic E-state index is 5.98. The summed E-state index contributed by atoms with van der Waals surface area (Å²) in [5.41, 5.74) is 2.76. The maximum Gasteiger partial charge on any atom is 0.123 e. The Morgan fingerprint density at radius 2 is 2.05 bits per heavy atom. The summed E-state index contributed by atoms with van der Waals surface area (Å²) in [5.74, 6) is 1.99. The van der Waals surface area contributed by atoms with Crippen LogP contribution in [0.25, 0.3) is 0 Å². The molecule has 2 heteroatoms. The number of hydrogen-bond acceptors (Lipinski definition) is 2. The van der Waals surface area contributed by atoms with Crippen LogP contribution in [-0.4, -0.2) is 12.6 Å². The number of ether oxygens (including phenoxy) is 1. The predicted octanol–water partition coefficient (Wildman–Crippen LogP) is 4.24. The molecule has 1 heterocycles. The molecule has 0 spiro atoms. The molecule has 1 saturated carbocycles. The zero-order valence-corrected chi connectivity index (χ0v) is 13.0. The van der Waals surface area contributed by atoms with Crippen molar-refractivity contribution in [1.82, 2.24) is 5.32 Å². The van der Waals surface area contributed by atoms with E-state index >= 15 is 0 Å². The van der Waals surface area contributed by atoms with E-state index in [1.165, 1.54) is 43.2 Å². The van der Waals surface area contributed by atoms with Crippen molar-refractivity contribution in [3.8, 4) is 5.75 Å². The van der Waals surface area contributed by atoms with Gasteiger partial charge in [-0.1, -0.05) is 37.8 Å². The maximum atomic E-state index is 5.98. The summed E-state index contributed by atoms with van der Waals surface area (Å²) in [7, 11) is 2.09. The third-order valence-electron chi connectivity index (χ3n) is 4.88. The number of nitrogens with one attached hydrogen (secondary N) is 1. The summed E-state index contributed by atoms with van der Waals surface area (Å²) < 4.78 is 5.98. The molecule has 1 aliphatic carbocycles. The highest BCUT2D eigenvalue weighted by atomic mass is 16.5. The summed E-state index contributed by atoms with van der Waals surface area (Å²) in [6, 6.07) is 7.27. The molecule has 1 aliphatic heterocycles. The molecule has 1 N–H and O–H groups in total. The van der Waals surface area contributed by atoms with Gasteiger partial charge < -0.3 is 10.1 Å². The van der Waals surface area contributed by atoms with Gasteiger partial charge >= 0.3 is 0 Å². The molecule has 0 bridgehead atoms. The van der Waals surface area contributed by atoms with Gasteiger partial charge in [-0.25, -0.2) is 0 Å². The van der Waals surface area contributed by atoms with Crippen LogP contribution in [0, 0.1) is 5.92 Å². The standard InChI is InChI=1S/C18H27NO/c1-18(2)12-15-11-14(8-9-17(15)20-18)16(19-3)10-13-6-4-5-7-13/h8-9,11,13,16,19H,4-7,10,12H2,1-3H3. The summed E-state index contributed by atoms with van der Waals surface area (Å²) in [4.78, 5) is 0. The van der Waals surface area contributed by atoms with Crippen molar-refractivity contribution in [2.45, 2.75) is 64.0 Å². The van der Waals surface area contributed by atoms with Crippen molar-refractivity contribution in [2.24, 2.45) is 5.92 Å². The van der Waals surface area contributed by atoms with Crippen LogP contribution in [0.15, 0.2) is 18.2 Å². The van der Waals surface area contributed by atoms with Crippen molar-refractivity contribution >= 4 is 0 Å². The van der Waals surface area contributed by atoms with Crippen LogP contribution in [0.2, 0.25) is 0 Å². The molecule has 0 saturated heterocycles. The molecule has 1 unspecified atom stereocenters. The molecule has 1 atom stereocenters. The molecule has 1 aromatic carbocycles. The quantitative estimate of drug-likeness (QED) is 0.886. The molecule has 2 nitrogen and oxygen atoms in total. The molecule has 0 radical (unpaired) electrons. The smallest absolute Gasteiger partial charge is 0.123 e. The summed E-state index contributed by atoms with van der Waals surface area (Å²) in [5, 5.41) is 3.52. The topological polar surface area (TPSA) is 21.3 Å². The minimum absolute atomic E-state index is 0.0401. The molecular weight excluding hydrogens is 246 g/mol. The molecule has 0 aromatic heterocycles. The number of fused-ring (bicyclic) bond motifs is 1. The first kappa shape index (κ1) is 13.9. The minimum Gasteiger partial charge on any atom is -0.487 e. The van der Waals surface area contributed by atoms with Gasteiger partial charge in [0.1, 0.15) is 11.4 Å². The van der Waals surface area contributed by atoms with Crippen LogP contribution in [0.1, 0.15) is 63.1 Å². The van der Waals surface area contributed by atoms with Crippen molar-refractivity contribution in [3.63, 3.8) is 0 Å². The first-order chi connectivity index (χ1) is 9.57. The van der Waals surface area contributed by atoms with Gasteiger partial charge in [-0.3, -0.25) is 0 Å². The van der Waals surface area contributed by atoms with Gasteiger partial charge in [0.2, 0.25) is 0 Å². The third kappa shape index (κ3) is 2.85. The Morgan fingerprint density at radius 1 is 1.30 bits per heavy atom. The van der Waals surface area contributed by atoms with Gasteiger partial charge in [0, 0.05) is 12.5 Å².